The molecule has 1 aliphatic carbocycles. The van der Waals surface area contributed by atoms with Gasteiger partial charge in [-0.05, 0) is 56.1 Å². The van der Waals surface area contributed by atoms with Gasteiger partial charge in [-0.2, -0.15) is 0 Å². The van der Waals surface area contributed by atoms with Crippen LogP contribution < -0.4 is 10.2 Å². The SMILES string of the molecule is CC1CCC2(CC1)NC(=O)N(CC(=O)OCC(=O)N1CCCc3ccccc31)C2=O. The van der Waals surface area contributed by atoms with E-state index < -0.39 is 30.7 Å². The minimum Gasteiger partial charge on any atom is -0.454 e. The second-order valence-corrected chi connectivity index (χ2v) is 8.52. The molecule has 1 spiro atoms. The molecule has 1 aromatic rings. The number of hydrogen-bond donors (Lipinski definition) is 1. The maximum absolute atomic E-state index is 12.8. The summed E-state index contributed by atoms with van der Waals surface area (Å²) in [5, 5.41) is 2.78. The molecule has 4 rings (SSSR count). The molecule has 30 heavy (non-hydrogen) atoms. The lowest BCUT2D eigenvalue weighted by molar-refractivity contribution is -0.150. The van der Waals surface area contributed by atoms with Crippen LogP contribution in [0.3, 0.4) is 0 Å². The first-order chi connectivity index (χ1) is 14.4. The number of carbonyl (C=O) groups is 4. The third-order valence-corrected chi connectivity index (χ3v) is 6.43. The average Bonchev–Trinajstić information content (AvgIpc) is 2.98. The number of anilines is 1. The zero-order valence-corrected chi connectivity index (χ0v) is 17.2. The zero-order chi connectivity index (χ0) is 21.3. The van der Waals surface area contributed by atoms with Crippen molar-refractivity contribution in [3.8, 4) is 0 Å². The Balaban J connectivity index is 1.33. The Morgan fingerprint density at radius 3 is 2.70 bits per heavy atom. The van der Waals surface area contributed by atoms with Gasteiger partial charge in [-0.1, -0.05) is 25.1 Å². The van der Waals surface area contributed by atoms with Gasteiger partial charge in [-0.15, -0.1) is 0 Å². The smallest absolute Gasteiger partial charge is 0.326 e. The molecule has 1 saturated carbocycles. The summed E-state index contributed by atoms with van der Waals surface area (Å²) in [6, 6.07) is 7.11. The van der Waals surface area contributed by atoms with Crippen LogP contribution in [-0.4, -0.2) is 54.0 Å². The molecule has 0 aromatic heterocycles. The highest BCUT2D eigenvalue weighted by Gasteiger charge is 2.52. The van der Waals surface area contributed by atoms with Crippen molar-refractivity contribution in [1.82, 2.24) is 10.2 Å². The molecule has 3 aliphatic rings. The Morgan fingerprint density at radius 2 is 1.93 bits per heavy atom. The Hall–Kier alpha value is -2.90. The van der Waals surface area contributed by atoms with E-state index >= 15 is 0 Å². The Bertz CT molecular complexity index is 875. The Morgan fingerprint density at radius 1 is 1.20 bits per heavy atom. The van der Waals surface area contributed by atoms with E-state index in [0.717, 1.165) is 41.8 Å². The number of nitrogens with one attached hydrogen (secondary N) is 1. The van der Waals surface area contributed by atoms with Crippen LogP contribution in [0.4, 0.5) is 10.5 Å². The first kappa shape index (κ1) is 20.4. The van der Waals surface area contributed by atoms with Crippen molar-refractivity contribution in [1.29, 1.82) is 0 Å². The predicted molar refractivity (Wildman–Crippen MR) is 109 cm³/mol. The van der Waals surface area contributed by atoms with Gasteiger partial charge in [-0.25, -0.2) is 4.79 Å². The van der Waals surface area contributed by atoms with Crippen LogP contribution in [0.5, 0.6) is 0 Å². The van der Waals surface area contributed by atoms with Crippen LogP contribution in [0.15, 0.2) is 24.3 Å². The lowest BCUT2D eigenvalue weighted by Gasteiger charge is -2.33. The second kappa shape index (κ2) is 8.08. The standard InChI is InChI=1S/C22H27N3O5/c1-15-8-10-22(11-9-15)20(28)25(21(29)23-22)13-19(27)30-14-18(26)24-12-4-6-16-5-2-3-7-17(16)24/h2-3,5,7,15H,4,6,8-14H2,1H3,(H,23,29). The fraction of sp³-hybridized carbons (Fsp3) is 0.545. The van der Waals surface area contributed by atoms with Crippen LogP contribution >= 0.6 is 0 Å². The van der Waals surface area contributed by atoms with Gasteiger partial charge < -0.3 is 15.0 Å². The van der Waals surface area contributed by atoms with Crippen LogP contribution in [-0.2, 0) is 25.5 Å². The molecule has 2 heterocycles. The number of hydrogen-bond acceptors (Lipinski definition) is 5. The van der Waals surface area contributed by atoms with Gasteiger partial charge in [-0.3, -0.25) is 19.3 Å². The van der Waals surface area contributed by atoms with Gasteiger partial charge in [0.25, 0.3) is 11.8 Å². The van der Waals surface area contributed by atoms with Crippen molar-refractivity contribution < 1.29 is 23.9 Å². The lowest BCUT2D eigenvalue weighted by atomic mass is 9.77. The molecule has 1 saturated heterocycles. The summed E-state index contributed by atoms with van der Waals surface area (Å²) in [5.41, 5.74) is 1.04. The van der Waals surface area contributed by atoms with Gasteiger partial charge in [0.2, 0.25) is 0 Å². The summed E-state index contributed by atoms with van der Waals surface area (Å²) < 4.78 is 5.12. The summed E-state index contributed by atoms with van der Waals surface area (Å²) >= 11 is 0. The number of esters is 1. The van der Waals surface area contributed by atoms with Crippen molar-refractivity contribution in [2.75, 3.05) is 24.6 Å². The largest absolute Gasteiger partial charge is 0.454 e. The van der Waals surface area contributed by atoms with Crippen molar-refractivity contribution >= 4 is 29.5 Å². The third kappa shape index (κ3) is 3.78. The number of ether oxygens (including phenoxy) is 1. The fourth-order valence-corrected chi connectivity index (χ4v) is 4.60. The van der Waals surface area contributed by atoms with E-state index in [4.69, 9.17) is 4.74 Å². The van der Waals surface area contributed by atoms with Gasteiger partial charge in [0.1, 0.15) is 12.1 Å². The highest BCUT2D eigenvalue weighted by Crippen LogP contribution is 2.36. The molecule has 0 bridgehead atoms. The number of urea groups is 1. The average molecular weight is 413 g/mol. The number of benzene rings is 1. The molecule has 8 nitrogen and oxygen atoms in total. The number of para-hydroxylation sites is 1. The van der Waals surface area contributed by atoms with Crippen LogP contribution in [0.2, 0.25) is 0 Å². The molecule has 1 N–H and O–H groups in total. The van der Waals surface area contributed by atoms with Crippen molar-refractivity contribution in [2.24, 2.45) is 5.92 Å². The summed E-state index contributed by atoms with van der Waals surface area (Å²) in [7, 11) is 0. The van der Waals surface area contributed by atoms with E-state index in [9.17, 15) is 19.2 Å². The summed E-state index contributed by atoms with van der Waals surface area (Å²) in [5.74, 6) is -0.929. The molecular weight excluding hydrogens is 386 g/mol. The number of fused-ring (bicyclic) bond motifs is 1. The van der Waals surface area contributed by atoms with Crippen LogP contribution in [0.25, 0.3) is 0 Å². The highest BCUT2D eigenvalue weighted by atomic mass is 16.5. The minimum atomic E-state index is -0.892. The monoisotopic (exact) mass is 413 g/mol. The van der Waals surface area contributed by atoms with E-state index in [0.29, 0.717) is 25.3 Å². The molecule has 0 radical (unpaired) electrons. The molecule has 0 unspecified atom stereocenters. The molecule has 4 amide bonds. The van der Waals surface area contributed by atoms with E-state index in [1.165, 1.54) is 0 Å². The van der Waals surface area contributed by atoms with Crippen LogP contribution in [0, 0.1) is 5.92 Å². The van der Waals surface area contributed by atoms with Gasteiger partial charge in [0.15, 0.2) is 6.61 Å². The molecule has 1 aromatic carbocycles. The maximum Gasteiger partial charge on any atom is 0.326 e. The van der Waals surface area contributed by atoms with Gasteiger partial charge >= 0.3 is 12.0 Å². The maximum atomic E-state index is 12.8. The fourth-order valence-electron chi connectivity index (χ4n) is 4.60. The van der Waals surface area contributed by atoms with Gasteiger partial charge in [0, 0.05) is 12.2 Å². The number of nitrogens with zero attached hydrogens (tertiary/aromatic N) is 2. The number of rotatable bonds is 4. The molecular formula is C22H27N3O5. The minimum absolute atomic E-state index is 0.314. The first-order valence-corrected chi connectivity index (χ1v) is 10.6. The van der Waals surface area contributed by atoms with Crippen molar-refractivity contribution in [2.45, 2.75) is 51.0 Å². The summed E-state index contributed by atoms with van der Waals surface area (Å²) in [4.78, 5) is 52.5. The predicted octanol–water partition coefficient (Wildman–Crippen LogP) is 2.01. The van der Waals surface area contributed by atoms with E-state index in [-0.39, 0.29) is 11.8 Å². The van der Waals surface area contributed by atoms with Crippen LogP contribution in [0.1, 0.15) is 44.6 Å². The quantitative estimate of drug-likeness (QED) is 0.602. The summed E-state index contributed by atoms with van der Waals surface area (Å²) in [6.45, 7) is 1.80. The number of carbonyl (C=O) groups excluding carboxylic acids is 4. The molecule has 2 fully saturated rings. The lowest BCUT2D eigenvalue weighted by Crippen LogP contribution is -2.49. The number of amides is 4. The highest BCUT2D eigenvalue weighted by molar-refractivity contribution is 6.08. The van der Waals surface area contributed by atoms with Crippen molar-refractivity contribution in [3.63, 3.8) is 0 Å². The first-order valence-electron chi connectivity index (χ1n) is 10.6. The molecule has 2 aliphatic heterocycles. The Kier molecular flexibility index (Phi) is 5.49. The third-order valence-electron chi connectivity index (χ3n) is 6.43. The topological polar surface area (TPSA) is 96.0 Å². The molecule has 0 atom stereocenters. The van der Waals surface area contributed by atoms with E-state index in [2.05, 4.69) is 12.2 Å². The zero-order valence-electron chi connectivity index (χ0n) is 17.2. The summed E-state index contributed by atoms with van der Waals surface area (Å²) in [6.07, 6.45) is 4.63. The van der Waals surface area contributed by atoms with E-state index in [1.807, 2.05) is 24.3 Å². The normalized spacial score (nSPS) is 25.8. The molecule has 8 heteroatoms. The van der Waals surface area contributed by atoms with Gasteiger partial charge in [0.05, 0.1) is 0 Å². The number of imide groups is 1. The second-order valence-electron chi connectivity index (χ2n) is 8.52. The van der Waals surface area contributed by atoms with E-state index in [1.54, 1.807) is 4.90 Å². The van der Waals surface area contributed by atoms with Crippen molar-refractivity contribution in [3.05, 3.63) is 29.8 Å². The Labute approximate surface area is 175 Å². The number of aryl methyl sites for hydroxylation is 1. The molecule has 160 valence electrons.